The van der Waals surface area contributed by atoms with Crippen molar-refractivity contribution in [2.75, 3.05) is 5.75 Å². The molecule has 2 aromatic rings. The number of rotatable bonds is 7. The number of hydrogen-bond acceptors (Lipinski definition) is 5. The van der Waals surface area contributed by atoms with Crippen LogP contribution in [0.5, 0.6) is 11.5 Å². The molecule has 0 fully saturated rings. The van der Waals surface area contributed by atoms with Crippen LogP contribution < -0.4 is 4.74 Å². The fourth-order valence-corrected chi connectivity index (χ4v) is 2.90. The lowest BCUT2D eigenvalue weighted by Crippen LogP contribution is -2.26. The minimum Gasteiger partial charge on any atom is -0.508 e. The van der Waals surface area contributed by atoms with Crippen LogP contribution in [0.15, 0.2) is 58.6 Å². The standard InChI is InChI=1S/C17H14F3NO4S/c18-17(19,20)11-1-5-13(6-2-11)25-15(16(23)21-24)9-10-26-14-7-3-12(22)4-8-14/h1-8,15,22H,9-10H2. The molecule has 1 atom stereocenters. The van der Waals surface area contributed by atoms with Crippen LogP contribution in [-0.4, -0.2) is 22.9 Å². The Hall–Kier alpha value is -2.55. The molecule has 1 amide bonds. The van der Waals surface area contributed by atoms with Crippen molar-refractivity contribution >= 4 is 17.7 Å². The van der Waals surface area contributed by atoms with Gasteiger partial charge in [-0.2, -0.15) is 13.2 Å². The molecule has 0 heterocycles. The molecule has 0 saturated carbocycles. The molecule has 0 spiro atoms. The fourth-order valence-electron chi connectivity index (χ4n) is 2.00. The van der Waals surface area contributed by atoms with Gasteiger partial charge < -0.3 is 9.84 Å². The van der Waals surface area contributed by atoms with Gasteiger partial charge in [-0.15, -0.1) is 16.7 Å². The van der Waals surface area contributed by atoms with Crippen LogP contribution in [0.2, 0.25) is 0 Å². The van der Waals surface area contributed by atoms with Crippen LogP contribution in [0.4, 0.5) is 13.2 Å². The number of thioether (sulfide) groups is 1. The van der Waals surface area contributed by atoms with E-state index < -0.39 is 23.8 Å². The predicted molar refractivity (Wildman–Crippen MR) is 90.1 cm³/mol. The number of carbonyl (C=O) groups excluding carboxylic acids is 1. The van der Waals surface area contributed by atoms with Crippen molar-refractivity contribution in [1.29, 1.82) is 0 Å². The predicted octanol–water partition coefficient (Wildman–Crippen LogP) is 4.63. The summed E-state index contributed by atoms with van der Waals surface area (Å²) in [5.74, 6) is -0.471. The summed E-state index contributed by atoms with van der Waals surface area (Å²) in [6, 6.07) is 10.2. The molecule has 0 bridgehead atoms. The quantitative estimate of drug-likeness (QED) is 0.555. The van der Waals surface area contributed by atoms with E-state index in [4.69, 9.17) is 4.74 Å². The highest BCUT2D eigenvalue weighted by molar-refractivity contribution is 7.99. The molecule has 0 radical (unpaired) electrons. The second kappa shape index (κ2) is 8.70. The van der Waals surface area contributed by atoms with E-state index in [0.717, 1.165) is 29.2 Å². The molecular weight excluding hydrogens is 371 g/mol. The Morgan fingerprint density at radius 3 is 2.27 bits per heavy atom. The first-order chi connectivity index (χ1) is 12.3. The second-order valence-electron chi connectivity index (χ2n) is 5.19. The third kappa shape index (κ3) is 5.76. The summed E-state index contributed by atoms with van der Waals surface area (Å²) >= 11 is 1.37. The van der Waals surface area contributed by atoms with E-state index in [1.54, 1.807) is 12.1 Å². The Bertz CT molecular complexity index is 748. The Balaban J connectivity index is 1.97. The maximum Gasteiger partial charge on any atom is 0.416 e. The molecule has 5 nitrogen and oxygen atoms in total. The first-order valence-electron chi connectivity index (χ1n) is 7.42. The van der Waals surface area contributed by atoms with Crippen molar-refractivity contribution < 1.29 is 27.8 Å². The molecule has 1 unspecified atom stereocenters. The SMILES string of the molecule is O=NC(=O)C(CCSc1ccc(O)cc1)Oc1ccc(C(F)(F)F)cc1. The van der Waals surface area contributed by atoms with E-state index in [-0.39, 0.29) is 17.9 Å². The molecule has 2 rings (SSSR count). The van der Waals surface area contributed by atoms with Gasteiger partial charge >= 0.3 is 12.1 Å². The summed E-state index contributed by atoms with van der Waals surface area (Å²) < 4.78 is 43.0. The van der Waals surface area contributed by atoms with E-state index in [9.17, 15) is 28.0 Å². The monoisotopic (exact) mass is 385 g/mol. The number of hydrogen-bond donors (Lipinski definition) is 1. The number of nitroso groups, excluding NO2 is 1. The number of carbonyl (C=O) groups is 1. The van der Waals surface area contributed by atoms with Crippen LogP contribution in [-0.2, 0) is 11.0 Å². The van der Waals surface area contributed by atoms with Crippen molar-refractivity contribution in [3.05, 3.63) is 59.0 Å². The molecule has 0 saturated heterocycles. The number of alkyl halides is 3. The van der Waals surface area contributed by atoms with Crippen LogP contribution in [0.3, 0.4) is 0 Å². The zero-order valence-corrected chi connectivity index (χ0v) is 14.1. The van der Waals surface area contributed by atoms with Crippen LogP contribution in [0.1, 0.15) is 12.0 Å². The number of amides is 1. The number of benzene rings is 2. The number of nitrogens with zero attached hydrogens (tertiary/aromatic N) is 1. The summed E-state index contributed by atoms with van der Waals surface area (Å²) in [6.45, 7) is 0. The number of ether oxygens (including phenoxy) is 1. The minimum absolute atomic E-state index is 0.0367. The molecule has 0 aliphatic rings. The van der Waals surface area contributed by atoms with Gasteiger partial charge in [-0.25, -0.2) is 0 Å². The molecule has 9 heteroatoms. The van der Waals surface area contributed by atoms with E-state index in [1.165, 1.54) is 23.9 Å². The summed E-state index contributed by atoms with van der Waals surface area (Å²) in [5.41, 5.74) is -0.843. The average molecular weight is 385 g/mol. The third-order valence-electron chi connectivity index (χ3n) is 3.31. The largest absolute Gasteiger partial charge is 0.508 e. The number of phenolic OH excluding ortho intramolecular Hbond substituents is 1. The van der Waals surface area contributed by atoms with Gasteiger partial charge in [0, 0.05) is 22.2 Å². The Kier molecular flexibility index (Phi) is 6.62. The highest BCUT2D eigenvalue weighted by Gasteiger charge is 2.30. The lowest BCUT2D eigenvalue weighted by atomic mass is 10.2. The van der Waals surface area contributed by atoms with Gasteiger partial charge in [-0.05, 0) is 48.5 Å². The fraction of sp³-hybridized carbons (Fsp3) is 0.235. The first-order valence-corrected chi connectivity index (χ1v) is 8.41. The van der Waals surface area contributed by atoms with Crippen molar-refractivity contribution in [2.45, 2.75) is 23.6 Å². The van der Waals surface area contributed by atoms with Gasteiger partial charge in [-0.1, -0.05) is 0 Å². The lowest BCUT2D eigenvalue weighted by Gasteiger charge is -2.15. The van der Waals surface area contributed by atoms with Gasteiger partial charge in [0.25, 0.3) is 0 Å². The molecule has 138 valence electrons. The topological polar surface area (TPSA) is 76.0 Å². The van der Waals surface area contributed by atoms with E-state index in [0.29, 0.717) is 5.75 Å². The molecule has 26 heavy (non-hydrogen) atoms. The van der Waals surface area contributed by atoms with Gasteiger partial charge in [0.15, 0.2) is 6.10 Å². The van der Waals surface area contributed by atoms with Crippen molar-refractivity contribution in [2.24, 2.45) is 5.18 Å². The van der Waals surface area contributed by atoms with E-state index in [2.05, 4.69) is 5.18 Å². The summed E-state index contributed by atoms with van der Waals surface area (Å²) in [6.07, 6.45) is -5.52. The molecule has 1 N–H and O–H groups in total. The normalized spacial score (nSPS) is 12.4. The highest BCUT2D eigenvalue weighted by Crippen LogP contribution is 2.30. The Morgan fingerprint density at radius 1 is 1.12 bits per heavy atom. The van der Waals surface area contributed by atoms with Gasteiger partial charge in [0.1, 0.15) is 11.5 Å². The first kappa shape index (κ1) is 19.8. The third-order valence-corrected chi connectivity index (χ3v) is 4.36. The molecular formula is C17H14F3NO4S. The average Bonchev–Trinajstić information content (AvgIpc) is 2.61. The van der Waals surface area contributed by atoms with Crippen molar-refractivity contribution in [3.63, 3.8) is 0 Å². The number of halogens is 3. The summed E-state index contributed by atoms with van der Waals surface area (Å²) in [7, 11) is 0. The van der Waals surface area contributed by atoms with Gasteiger partial charge in [0.05, 0.1) is 5.56 Å². The maximum atomic E-state index is 12.5. The zero-order chi connectivity index (χ0) is 19.2. The van der Waals surface area contributed by atoms with Crippen molar-refractivity contribution in [1.82, 2.24) is 0 Å². The maximum absolute atomic E-state index is 12.5. The Morgan fingerprint density at radius 2 is 1.73 bits per heavy atom. The highest BCUT2D eigenvalue weighted by atomic mass is 32.2. The van der Waals surface area contributed by atoms with Gasteiger partial charge in [-0.3, -0.25) is 4.79 Å². The molecule has 2 aromatic carbocycles. The van der Waals surface area contributed by atoms with Gasteiger partial charge in [0.2, 0.25) is 0 Å². The van der Waals surface area contributed by atoms with Crippen LogP contribution >= 0.6 is 11.8 Å². The number of phenols is 1. The lowest BCUT2D eigenvalue weighted by molar-refractivity contribution is -0.137. The minimum atomic E-state index is -4.47. The molecule has 0 aliphatic heterocycles. The van der Waals surface area contributed by atoms with Crippen LogP contribution in [0.25, 0.3) is 0 Å². The van der Waals surface area contributed by atoms with E-state index in [1.807, 2.05) is 0 Å². The smallest absolute Gasteiger partial charge is 0.416 e. The molecule has 0 aromatic heterocycles. The summed E-state index contributed by atoms with van der Waals surface area (Å²) in [5, 5.41) is 11.6. The number of aromatic hydroxyl groups is 1. The second-order valence-corrected chi connectivity index (χ2v) is 6.36. The molecule has 0 aliphatic carbocycles. The van der Waals surface area contributed by atoms with Crippen molar-refractivity contribution in [3.8, 4) is 11.5 Å². The van der Waals surface area contributed by atoms with Crippen LogP contribution in [0, 0.1) is 4.91 Å². The zero-order valence-electron chi connectivity index (χ0n) is 13.3. The summed E-state index contributed by atoms with van der Waals surface area (Å²) in [4.78, 5) is 23.0. The Labute approximate surface area is 151 Å². The van der Waals surface area contributed by atoms with E-state index >= 15 is 0 Å².